The molecule has 1 saturated heterocycles. The number of hydrogen-bond donors (Lipinski definition) is 1. The topological polar surface area (TPSA) is 58.1 Å². The summed E-state index contributed by atoms with van der Waals surface area (Å²) in [6.45, 7) is 3.62. The third-order valence-corrected chi connectivity index (χ3v) is 6.36. The number of hydrogen-bond acceptors (Lipinski definition) is 5. The number of aryl methyl sites for hydroxylation is 1. The zero-order valence-corrected chi connectivity index (χ0v) is 18.3. The Bertz CT molecular complexity index is 1020. The van der Waals surface area contributed by atoms with E-state index < -0.39 is 0 Å². The number of aromatic nitrogens is 2. The van der Waals surface area contributed by atoms with Gasteiger partial charge in [0.25, 0.3) is 0 Å². The van der Waals surface area contributed by atoms with Crippen LogP contribution in [0.25, 0.3) is 0 Å². The number of piperidine rings is 1. The van der Waals surface area contributed by atoms with E-state index in [0.717, 1.165) is 47.4 Å². The van der Waals surface area contributed by atoms with Gasteiger partial charge < -0.3 is 10.2 Å². The molecule has 1 aliphatic rings. The van der Waals surface area contributed by atoms with Crippen molar-refractivity contribution >= 4 is 40.8 Å². The van der Waals surface area contributed by atoms with E-state index in [4.69, 9.17) is 11.6 Å². The van der Waals surface area contributed by atoms with Gasteiger partial charge in [-0.2, -0.15) is 0 Å². The predicted octanol–water partition coefficient (Wildman–Crippen LogP) is 5.44. The summed E-state index contributed by atoms with van der Waals surface area (Å²) >= 11 is 7.63. The maximum atomic E-state index is 12.7. The molecule has 30 heavy (non-hydrogen) atoms. The van der Waals surface area contributed by atoms with E-state index in [1.807, 2.05) is 12.1 Å². The fourth-order valence-electron chi connectivity index (χ4n) is 3.49. The van der Waals surface area contributed by atoms with Gasteiger partial charge in [-0.3, -0.25) is 4.79 Å². The summed E-state index contributed by atoms with van der Waals surface area (Å²) in [6.07, 6.45) is 5.01. The number of nitrogens with zero attached hydrogens (tertiary/aromatic N) is 3. The first kappa shape index (κ1) is 20.7. The summed E-state index contributed by atoms with van der Waals surface area (Å²) in [5.74, 6) is 0.909. The molecule has 1 N–H and O–H groups in total. The van der Waals surface area contributed by atoms with Gasteiger partial charge in [-0.05, 0) is 50.1 Å². The second kappa shape index (κ2) is 9.49. The minimum atomic E-state index is -0.0231. The van der Waals surface area contributed by atoms with Gasteiger partial charge in [0, 0.05) is 47.0 Å². The molecule has 0 radical (unpaired) electrons. The molecule has 0 atom stereocenters. The van der Waals surface area contributed by atoms with Gasteiger partial charge in [0.15, 0.2) is 5.82 Å². The standard InChI is InChI=1S/C23H23ClN4OS/c1-16-5-7-20(8-6-16)30-23-21(25-11-12-26-23)28-13-9-17(10-14-28)22(29)27-19-4-2-3-18(24)15-19/h2-8,11-12,15,17H,9-10,13-14H2,1H3,(H,27,29). The fourth-order valence-corrected chi connectivity index (χ4v) is 4.56. The maximum Gasteiger partial charge on any atom is 0.227 e. The first-order chi connectivity index (χ1) is 14.6. The van der Waals surface area contributed by atoms with E-state index >= 15 is 0 Å². The normalized spacial score (nSPS) is 14.5. The van der Waals surface area contributed by atoms with Crippen LogP contribution in [0.3, 0.4) is 0 Å². The summed E-state index contributed by atoms with van der Waals surface area (Å²) in [5, 5.41) is 4.49. The van der Waals surface area contributed by atoms with E-state index in [1.165, 1.54) is 5.56 Å². The molecule has 4 rings (SSSR count). The van der Waals surface area contributed by atoms with Crippen molar-refractivity contribution in [2.24, 2.45) is 5.92 Å². The smallest absolute Gasteiger partial charge is 0.227 e. The molecule has 0 aliphatic carbocycles. The quantitative estimate of drug-likeness (QED) is 0.574. The lowest BCUT2D eigenvalue weighted by Crippen LogP contribution is -2.38. The fraction of sp³-hybridized carbons (Fsp3) is 0.261. The second-order valence-electron chi connectivity index (χ2n) is 7.36. The first-order valence-electron chi connectivity index (χ1n) is 9.95. The Balaban J connectivity index is 1.39. The van der Waals surface area contributed by atoms with E-state index in [-0.39, 0.29) is 11.8 Å². The molecule has 0 unspecified atom stereocenters. The van der Waals surface area contributed by atoms with Crippen LogP contribution in [0.1, 0.15) is 18.4 Å². The molecule has 1 aromatic heterocycles. The van der Waals surface area contributed by atoms with E-state index in [9.17, 15) is 4.79 Å². The molecule has 7 heteroatoms. The van der Waals surface area contributed by atoms with Crippen molar-refractivity contribution in [2.75, 3.05) is 23.3 Å². The Morgan fingerprint density at radius 3 is 2.57 bits per heavy atom. The molecule has 1 amide bonds. The monoisotopic (exact) mass is 438 g/mol. The van der Waals surface area contributed by atoms with Crippen molar-refractivity contribution in [2.45, 2.75) is 29.7 Å². The van der Waals surface area contributed by atoms with Crippen molar-refractivity contribution in [3.05, 3.63) is 71.5 Å². The number of carbonyl (C=O) groups is 1. The molecule has 1 fully saturated rings. The Kier molecular flexibility index (Phi) is 6.55. The lowest BCUT2D eigenvalue weighted by atomic mass is 9.96. The highest BCUT2D eigenvalue weighted by Crippen LogP contribution is 2.34. The highest BCUT2D eigenvalue weighted by atomic mass is 35.5. The van der Waals surface area contributed by atoms with Crippen LogP contribution in [0.4, 0.5) is 11.5 Å². The Labute approximate surface area is 185 Å². The maximum absolute atomic E-state index is 12.7. The molecule has 154 valence electrons. The van der Waals surface area contributed by atoms with Gasteiger partial charge in [0.2, 0.25) is 5.91 Å². The van der Waals surface area contributed by atoms with E-state index in [1.54, 1.807) is 36.3 Å². The lowest BCUT2D eigenvalue weighted by Gasteiger charge is -2.32. The molecule has 0 spiro atoms. The van der Waals surface area contributed by atoms with Crippen molar-refractivity contribution in [3.63, 3.8) is 0 Å². The minimum Gasteiger partial charge on any atom is -0.354 e. The number of halogens is 1. The van der Waals surface area contributed by atoms with Crippen LogP contribution in [0, 0.1) is 12.8 Å². The molecular weight excluding hydrogens is 416 g/mol. The summed E-state index contributed by atoms with van der Waals surface area (Å²) in [7, 11) is 0. The lowest BCUT2D eigenvalue weighted by molar-refractivity contribution is -0.120. The predicted molar refractivity (Wildman–Crippen MR) is 122 cm³/mol. The summed E-state index contributed by atoms with van der Waals surface area (Å²) < 4.78 is 0. The van der Waals surface area contributed by atoms with Crippen LogP contribution in [0.2, 0.25) is 5.02 Å². The van der Waals surface area contributed by atoms with Crippen molar-refractivity contribution in [1.82, 2.24) is 9.97 Å². The van der Waals surface area contributed by atoms with E-state index in [2.05, 4.69) is 51.4 Å². The highest BCUT2D eigenvalue weighted by Gasteiger charge is 2.27. The van der Waals surface area contributed by atoms with Gasteiger partial charge in [-0.15, -0.1) is 0 Å². The van der Waals surface area contributed by atoms with Crippen LogP contribution in [0.5, 0.6) is 0 Å². The number of carbonyl (C=O) groups excluding carboxylic acids is 1. The molecule has 5 nitrogen and oxygen atoms in total. The van der Waals surface area contributed by atoms with Crippen molar-refractivity contribution in [3.8, 4) is 0 Å². The zero-order chi connectivity index (χ0) is 20.9. The molecule has 2 heterocycles. The Morgan fingerprint density at radius 1 is 1.10 bits per heavy atom. The second-order valence-corrected chi connectivity index (χ2v) is 8.86. The van der Waals surface area contributed by atoms with Crippen LogP contribution < -0.4 is 10.2 Å². The van der Waals surface area contributed by atoms with Gasteiger partial charge in [-0.25, -0.2) is 9.97 Å². The molecule has 0 saturated carbocycles. The van der Waals surface area contributed by atoms with Crippen molar-refractivity contribution < 1.29 is 4.79 Å². The summed E-state index contributed by atoms with van der Waals surface area (Å²) in [6, 6.07) is 15.7. The van der Waals surface area contributed by atoms with Gasteiger partial charge >= 0.3 is 0 Å². The zero-order valence-electron chi connectivity index (χ0n) is 16.7. The number of nitrogens with one attached hydrogen (secondary N) is 1. The van der Waals surface area contributed by atoms with Crippen LogP contribution >= 0.6 is 23.4 Å². The molecule has 3 aromatic rings. The molecular formula is C23H23ClN4OS. The average molecular weight is 439 g/mol. The number of rotatable bonds is 5. The molecule has 0 bridgehead atoms. The number of anilines is 2. The van der Waals surface area contributed by atoms with Crippen LogP contribution in [-0.4, -0.2) is 29.0 Å². The third kappa shape index (κ3) is 5.12. The number of benzene rings is 2. The Morgan fingerprint density at radius 2 is 1.83 bits per heavy atom. The first-order valence-corrected chi connectivity index (χ1v) is 11.1. The van der Waals surface area contributed by atoms with Gasteiger partial charge in [0.05, 0.1) is 0 Å². The van der Waals surface area contributed by atoms with Crippen LogP contribution in [0.15, 0.2) is 70.8 Å². The van der Waals surface area contributed by atoms with E-state index in [0.29, 0.717) is 5.02 Å². The number of amides is 1. The highest BCUT2D eigenvalue weighted by molar-refractivity contribution is 7.99. The minimum absolute atomic E-state index is 0.0231. The SMILES string of the molecule is Cc1ccc(Sc2nccnc2N2CCC(C(=O)Nc3cccc(Cl)c3)CC2)cc1. The summed E-state index contributed by atoms with van der Waals surface area (Å²) in [4.78, 5) is 25.2. The van der Waals surface area contributed by atoms with Gasteiger partial charge in [-0.1, -0.05) is 47.1 Å². The molecule has 2 aromatic carbocycles. The van der Waals surface area contributed by atoms with Gasteiger partial charge in [0.1, 0.15) is 5.03 Å². The van der Waals surface area contributed by atoms with Crippen LogP contribution in [-0.2, 0) is 4.79 Å². The largest absolute Gasteiger partial charge is 0.354 e. The Hall–Kier alpha value is -2.57. The average Bonchev–Trinajstić information content (AvgIpc) is 2.76. The third-order valence-electron chi connectivity index (χ3n) is 5.14. The van der Waals surface area contributed by atoms with Crippen molar-refractivity contribution in [1.29, 1.82) is 0 Å². The summed E-state index contributed by atoms with van der Waals surface area (Å²) in [5.41, 5.74) is 1.97. The molecule has 1 aliphatic heterocycles.